The van der Waals surface area contributed by atoms with Crippen LogP contribution in [0.2, 0.25) is 0 Å². The summed E-state index contributed by atoms with van der Waals surface area (Å²) in [6, 6.07) is 0. The zero-order chi connectivity index (χ0) is 21.2. The first kappa shape index (κ1) is 21.7. The van der Waals surface area contributed by atoms with Crippen LogP contribution in [0.4, 0.5) is 0 Å². The van der Waals surface area contributed by atoms with Crippen LogP contribution in [0.15, 0.2) is 23.8 Å². The molecule has 2 nitrogen and oxygen atoms in total. The molecule has 4 aliphatic carbocycles. The molecule has 0 saturated heterocycles. The first-order valence-electron chi connectivity index (χ1n) is 12.7. The van der Waals surface area contributed by atoms with E-state index < -0.39 is 5.60 Å². The maximum atomic E-state index is 12.8. The van der Waals surface area contributed by atoms with Gasteiger partial charge >= 0.3 is 5.97 Å². The average molecular weight is 409 g/mol. The highest BCUT2D eigenvalue weighted by Gasteiger charge is 2.63. The van der Waals surface area contributed by atoms with Gasteiger partial charge in [0.2, 0.25) is 0 Å². The summed E-state index contributed by atoms with van der Waals surface area (Å²) in [6.07, 6.45) is 27.8. The molecule has 164 valence electrons. The minimum atomic E-state index is -0.845. The van der Waals surface area contributed by atoms with Gasteiger partial charge in [-0.1, -0.05) is 56.8 Å². The van der Waals surface area contributed by atoms with Crippen molar-refractivity contribution in [1.29, 1.82) is 0 Å². The molecule has 4 rings (SSSR count). The number of ether oxygens (including phenoxy) is 1. The Morgan fingerprint density at radius 3 is 2.83 bits per heavy atom. The van der Waals surface area contributed by atoms with Crippen molar-refractivity contribution >= 4 is 5.97 Å². The van der Waals surface area contributed by atoms with Crippen LogP contribution in [0.1, 0.15) is 97.3 Å². The second kappa shape index (κ2) is 8.94. The normalized spacial score (nSPS) is 39.3. The molecule has 0 radical (unpaired) electrons. The van der Waals surface area contributed by atoms with Gasteiger partial charge in [0.25, 0.3) is 0 Å². The third-order valence-corrected chi connectivity index (χ3v) is 9.09. The number of allylic oxidation sites excluding steroid dienone is 3. The summed E-state index contributed by atoms with van der Waals surface area (Å²) < 4.78 is 6.21. The summed E-state index contributed by atoms with van der Waals surface area (Å²) >= 11 is 0. The number of esters is 1. The summed E-state index contributed by atoms with van der Waals surface area (Å²) in [6.45, 7) is 4.45. The van der Waals surface area contributed by atoms with Crippen molar-refractivity contribution in [1.82, 2.24) is 0 Å². The maximum absolute atomic E-state index is 12.8. The lowest BCUT2D eigenvalue weighted by molar-refractivity contribution is -0.168. The molecule has 2 saturated carbocycles. The molecule has 0 aromatic carbocycles. The minimum absolute atomic E-state index is 0.106. The number of hydrogen-bond acceptors (Lipinski definition) is 2. The lowest BCUT2D eigenvalue weighted by Gasteiger charge is -2.56. The molecule has 0 unspecified atom stereocenters. The van der Waals surface area contributed by atoms with E-state index in [-0.39, 0.29) is 11.4 Å². The van der Waals surface area contributed by atoms with Gasteiger partial charge in [0.1, 0.15) is 0 Å². The van der Waals surface area contributed by atoms with Gasteiger partial charge in [0.05, 0.1) is 0 Å². The van der Waals surface area contributed by atoms with Crippen molar-refractivity contribution in [2.75, 3.05) is 0 Å². The first-order valence-corrected chi connectivity index (χ1v) is 12.7. The van der Waals surface area contributed by atoms with Crippen LogP contribution in [-0.2, 0) is 9.53 Å². The molecule has 30 heavy (non-hydrogen) atoms. The van der Waals surface area contributed by atoms with Crippen molar-refractivity contribution in [2.24, 2.45) is 29.1 Å². The Labute approximate surface area is 183 Å². The van der Waals surface area contributed by atoms with Gasteiger partial charge in [-0.2, -0.15) is 0 Å². The molecule has 6 atom stereocenters. The summed E-state index contributed by atoms with van der Waals surface area (Å²) in [5.74, 6) is 5.63. The molecule has 0 spiro atoms. The molecule has 2 heteroatoms. The van der Waals surface area contributed by atoms with E-state index in [0.717, 1.165) is 37.5 Å². The molecule has 0 heterocycles. The molecule has 0 bridgehead atoms. The Bertz CT molecular complexity index is 740. The molecular formula is C28H40O2. The SMILES string of the molecule is C#C[C@]1(OC(=O)CCCCCC)C=C[C@H]2[C@@H]3CCC4=CCCC[C@@H]4[C@H]3CC[C@@]21CC. The Hall–Kier alpha value is -1.49. The summed E-state index contributed by atoms with van der Waals surface area (Å²) in [5, 5.41) is 0. The fourth-order valence-corrected chi connectivity index (χ4v) is 7.57. The van der Waals surface area contributed by atoms with E-state index in [1.54, 1.807) is 5.57 Å². The van der Waals surface area contributed by atoms with E-state index in [2.05, 4.69) is 38.0 Å². The second-order valence-electron chi connectivity index (χ2n) is 10.3. The number of rotatable bonds is 7. The number of unbranched alkanes of at least 4 members (excludes halogenated alkanes) is 3. The van der Waals surface area contributed by atoms with Crippen molar-refractivity contribution in [3.05, 3.63) is 23.8 Å². The van der Waals surface area contributed by atoms with Crippen LogP contribution in [0, 0.1) is 41.4 Å². The van der Waals surface area contributed by atoms with Gasteiger partial charge in [0.15, 0.2) is 5.60 Å². The Morgan fingerprint density at radius 1 is 1.20 bits per heavy atom. The second-order valence-corrected chi connectivity index (χ2v) is 10.3. The predicted octanol–water partition coefficient (Wildman–Crippen LogP) is 7.00. The highest BCUT2D eigenvalue weighted by Crippen LogP contribution is 2.64. The van der Waals surface area contributed by atoms with Crippen molar-refractivity contribution < 1.29 is 9.53 Å². The van der Waals surface area contributed by atoms with Gasteiger partial charge in [-0.05, 0) is 87.5 Å². The average Bonchev–Trinajstić information content (AvgIpc) is 3.11. The third-order valence-electron chi connectivity index (χ3n) is 9.09. The van der Waals surface area contributed by atoms with Gasteiger partial charge in [0, 0.05) is 11.8 Å². The first-order chi connectivity index (χ1) is 14.6. The fraction of sp³-hybridized carbons (Fsp3) is 0.750. The van der Waals surface area contributed by atoms with Gasteiger partial charge in [-0.25, -0.2) is 0 Å². The molecule has 0 aromatic rings. The summed E-state index contributed by atoms with van der Waals surface area (Å²) in [5.41, 5.74) is 0.787. The van der Waals surface area contributed by atoms with E-state index >= 15 is 0 Å². The minimum Gasteiger partial charge on any atom is -0.441 e. The molecule has 2 fully saturated rings. The maximum Gasteiger partial charge on any atom is 0.307 e. The Kier molecular flexibility index (Phi) is 6.47. The van der Waals surface area contributed by atoms with Crippen molar-refractivity contribution in [3.63, 3.8) is 0 Å². The lowest BCUT2D eigenvalue weighted by atomic mass is 9.49. The topological polar surface area (TPSA) is 26.3 Å². The van der Waals surface area contributed by atoms with Gasteiger partial charge in [-0.15, -0.1) is 6.42 Å². The molecular weight excluding hydrogens is 368 g/mol. The third kappa shape index (κ3) is 3.47. The van der Waals surface area contributed by atoms with Gasteiger partial charge in [-0.3, -0.25) is 4.79 Å². The predicted molar refractivity (Wildman–Crippen MR) is 123 cm³/mol. The zero-order valence-corrected chi connectivity index (χ0v) is 19.1. The summed E-state index contributed by atoms with van der Waals surface area (Å²) in [4.78, 5) is 12.8. The number of carbonyl (C=O) groups is 1. The Morgan fingerprint density at radius 2 is 2.07 bits per heavy atom. The van der Waals surface area contributed by atoms with E-state index in [9.17, 15) is 4.79 Å². The van der Waals surface area contributed by atoms with E-state index in [4.69, 9.17) is 11.2 Å². The number of carbonyl (C=O) groups excluding carboxylic acids is 1. The molecule has 4 aliphatic rings. The number of terminal acetylenes is 1. The van der Waals surface area contributed by atoms with Crippen molar-refractivity contribution in [3.8, 4) is 12.3 Å². The number of hydrogen-bond donors (Lipinski definition) is 0. The highest BCUT2D eigenvalue weighted by molar-refractivity contribution is 5.71. The quantitative estimate of drug-likeness (QED) is 0.196. The van der Waals surface area contributed by atoms with E-state index in [0.29, 0.717) is 18.3 Å². The van der Waals surface area contributed by atoms with Gasteiger partial charge < -0.3 is 4.74 Å². The van der Waals surface area contributed by atoms with Crippen LogP contribution >= 0.6 is 0 Å². The molecule has 0 N–H and O–H groups in total. The van der Waals surface area contributed by atoms with Crippen LogP contribution in [0.25, 0.3) is 0 Å². The molecule has 0 aliphatic heterocycles. The van der Waals surface area contributed by atoms with Crippen molar-refractivity contribution in [2.45, 2.75) is 103 Å². The van der Waals surface area contributed by atoms with E-state index in [1.165, 1.54) is 51.4 Å². The standard InChI is InChI=1S/C28H40O2/c1-4-7-8-9-14-26(29)30-28(6-3)20-18-25-24-16-15-21-12-10-11-13-22(21)23(24)17-19-27(25,28)5-2/h3,12,18,20,22-25H,4-5,7-11,13-17,19H2,1-2H3/t22-,23+,24+,25-,27-,28-/m0/s1. The number of fused-ring (bicyclic) bond motifs is 5. The smallest absolute Gasteiger partial charge is 0.307 e. The van der Waals surface area contributed by atoms with E-state index in [1.807, 2.05) is 0 Å². The van der Waals surface area contributed by atoms with Crippen LogP contribution < -0.4 is 0 Å². The lowest BCUT2D eigenvalue weighted by Crippen LogP contribution is -2.55. The highest BCUT2D eigenvalue weighted by atomic mass is 16.6. The van der Waals surface area contributed by atoms with Crippen LogP contribution in [0.5, 0.6) is 0 Å². The van der Waals surface area contributed by atoms with Crippen LogP contribution in [0.3, 0.4) is 0 Å². The fourth-order valence-electron chi connectivity index (χ4n) is 7.57. The Balaban J connectivity index is 1.53. The monoisotopic (exact) mass is 408 g/mol. The molecule has 0 aromatic heterocycles. The molecule has 0 amide bonds. The summed E-state index contributed by atoms with van der Waals surface area (Å²) in [7, 11) is 0. The zero-order valence-electron chi connectivity index (χ0n) is 19.1. The largest absolute Gasteiger partial charge is 0.441 e. The van der Waals surface area contributed by atoms with Crippen LogP contribution in [-0.4, -0.2) is 11.6 Å².